The van der Waals surface area contributed by atoms with Crippen LogP contribution in [0.15, 0.2) is 28.8 Å². The van der Waals surface area contributed by atoms with Crippen molar-refractivity contribution < 1.29 is 19.7 Å². The number of ether oxygens (including phenoxy) is 2. The van der Waals surface area contributed by atoms with Crippen molar-refractivity contribution >= 4 is 29.4 Å². The number of phenols is 1. The number of allylic oxidation sites excluding steroid dienone is 1. The van der Waals surface area contributed by atoms with Crippen LogP contribution in [-0.4, -0.2) is 47.6 Å². The number of nitrogens with zero attached hydrogens (tertiary/aromatic N) is 1. The molecule has 0 aromatic heterocycles. The van der Waals surface area contributed by atoms with Crippen molar-refractivity contribution in [2.24, 2.45) is 33.6 Å². The lowest BCUT2D eigenvalue weighted by Crippen LogP contribution is -2.56. The Labute approximate surface area is 223 Å². The summed E-state index contributed by atoms with van der Waals surface area (Å²) in [5.41, 5.74) is 1.19. The van der Waals surface area contributed by atoms with Crippen LogP contribution in [0.5, 0.6) is 5.75 Å². The minimum absolute atomic E-state index is 0.0338. The van der Waals surface area contributed by atoms with E-state index in [1.807, 2.05) is 0 Å². The van der Waals surface area contributed by atoms with Crippen LogP contribution in [0, 0.1) is 28.6 Å². The Morgan fingerprint density at radius 2 is 1.81 bits per heavy atom. The molecule has 196 valence electrons. The molecular formula is C29H37Cl2NO4. The molecular weight excluding hydrogens is 497 g/mol. The molecule has 36 heavy (non-hydrogen) atoms. The zero-order valence-electron chi connectivity index (χ0n) is 21.2. The molecule has 6 rings (SSSR count). The molecule has 0 amide bonds. The molecule has 5 nitrogen and oxygen atoms in total. The lowest BCUT2D eigenvalue weighted by atomic mass is 9.46. The monoisotopic (exact) mass is 533 g/mol. The molecule has 1 spiro atoms. The second-order valence-corrected chi connectivity index (χ2v) is 13.2. The summed E-state index contributed by atoms with van der Waals surface area (Å²) in [5, 5.41) is 22.9. The number of aliphatic imine (C=N–C) groups is 1. The second-order valence-electron chi connectivity index (χ2n) is 12.4. The van der Waals surface area contributed by atoms with E-state index >= 15 is 0 Å². The van der Waals surface area contributed by atoms with E-state index in [-0.39, 0.29) is 27.4 Å². The molecule has 2 N–H and O–H groups in total. The maximum absolute atomic E-state index is 12.0. The summed E-state index contributed by atoms with van der Waals surface area (Å²) in [4.78, 5) is 4.61. The summed E-state index contributed by atoms with van der Waals surface area (Å²) in [6.45, 7) is 6.51. The molecule has 4 fully saturated rings. The van der Waals surface area contributed by atoms with Gasteiger partial charge in [0.25, 0.3) is 0 Å². The first-order valence-corrected chi connectivity index (χ1v) is 14.2. The fourth-order valence-electron chi connectivity index (χ4n) is 8.70. The van der Waals surface area contributed by atoms with Gasteiger partial charge < -0.3 is 19.7 Å². The minimum Gasteiger partial charge on any atom is -0.506 e. The number of halogens is 2. The van der Waals surface area contributed by atoms with Gasteiger partial charge >= 0.3 is 0 Å². The van der Waals surface area contributed by atoms with Gasteiger partial charge in [-0.05, 0) is 73.8 Å². The van der Waals surface area contributed by atoms with E-state index in [4.69, 9.17) is 32.7 Å². The van der Waals surface area contributed by atoms with Crippen molar-refractivity contribution in [1.82, 2.24) is 0 Å². The number of hydrogen-bond acceptors (Lipinski definition) is 5. The van der Waals surface area contributed by atoms with Crippen LogP contribution in [0.3, 0.4) is 0 Å². The van der Waals surface area contributed by atoms with E-state index < -0.39 is 5.60 Å². The van der Waals surface area contributed by atoms with Gasteiger partial charge in [0.15, 0.2) is 5.79 Å². The van der Waals surface area contributed by atoms with E-state index in [0.29, 0.717) is 48.1 Å². The summed E-state index contributed by atoms with van der Waals surface area (Å²) < 4.78 is 12.1. The van der Waals surface area contributed by atoms with Gasteiger partial charge in [-0.3, -0.25) is 4.99 Å². The number of benzene rings is 1. The number of phenolic OH excluding ortho intramolecular Hbond substituents is 1. The van der Waals surface area contributed by atoms with Gasteiger partial charge in [-0.2, -0.15) is 0 Å². The number of hydrogen-bond donors (Lipinski definition) is 2. The van der Waals surface area contributed by atoms with Gasteiger partial charge in [-0.25, -0.2) is 0 Å². The summed E-state index contributed by atoms with van der Waals surface area (Å²) in [7, 11) is 0. The average Bonchev–Trinajstić information content (AvgIpc) is 3.40. The first-order valence-electron chi connectivity index (χ1n) is 13.5. The summed E-state index contributed by atoms with van der Waals surface area (Å²) in [6.07, 6.45) is 12.1. The third-order valence-corrected chi connectivity index (χ3v) is 11.4. The molecule has 3 saturated carbocycles. The van der Waals surface area contributed by atoms with Gasteiger partial charge in [0.05, 0.1) is 30.4 Å². The van der Waals surface area contributed by atoms with Crippen molar-refractivity contribution in [2.45, 2.75) is 76.6 Å². The Hall–Kier alpha value is -1.11. The highest BCUT2D eigenvalue weighted by Crippen LogP contribution is 2.68. The fraction of sp³-hybridized carbons (Fsp3) is 0.690. The van der Waals surface area contributed by atoms with E-state index in [0.717, 1.165) is 51.4 Å². The van der Waals surface area contributed by atoms with E-state index in [1.54, 1.807) is 17.9 Å². The Kier molecular flexibility index (Phi) is 6.09. The summed E-state index contributed by atoms with van der Waals surface area (Å²) >= 11 is 12.2. The molecule has 6 atom stereocenters. The maximum Gasteiger partial charge on any atom is 0.172 e. The largest absolute Gasteiger partial charge is 0.506 e. The second kappa shape index (κ2) is 8.71. The summed E-state index contributed by atoms with van der Waals surface area (Å²) in [5.74, 6) is 1.30. The molecule has 1 saturated heterocycles. The molecule has 1 aliphatic heterocycles. The quantitative estimate of drug-likeness (QED) is 0.341. The van der Waals surface area contributed by atoms with Crippen LogP contribution >= 0.6 is 23.2 Å². The van der Waals surface area contributed by atoms with Crippen LogP contribution in [0.4, 0.5) is 0 Å². The molecule has 7 heteroatoms. The third kappa shape index (κ3) is 3.71. The molecule has 5 aliphatic rings. The van der Waals surface area contributed by atoms with Gasteiger partial charge in [-0.1, -0.05) is 48.7 Å². The maximum atomic E-state index is 12.0. The topological polar surface area (TPSA) is 71.3 Å². The zero-order valence-corrected chi connectivity index (χ0v) is 22.7. The standard InChI is InChI=1S/C29H37Cl2NO4/c1-26-9-10-29(35-11-12-36-29)15-19(26)3-4-21-22(26)5-7-27(2)23(21)6-8-28(27,34)17-32-16-18-13-20(30)14-24(31)25(18)33/h3,13-14,16,21-23,33-34H,4-12,15,17H2,1-2H3/t21-,22-,23-,26+,27+,28-/m1/s1. The summed E-state index contributed by atoms with van der Waals surface area (Å²) in [6, 6.07) is 3.15. The first kappa shape index (κ1) is 25.2. The average molecular weight is 535 g/mol. The van der Waals surface area contributed by atoms with Crippen LogP contribution in [0.1, 0.15) is 70.8 Å². The highest BCUT2D eigenvalue weighted by atomic mass is 35.5. The SMILES string of the molecule is C[C@]12CCC3(CC1=CC[C@@H]1[C@H]2CC[C@@]2(C)[C@@H]1CC[C@@]2(O)CN=Cc1cc(Cl)cc(Cl)c1O)OCCO3. The van der Waals surface area contributed by atoms with Crippen molar-refractivity contribution in [3.05, 3.63) is 39.4 Å². The van der Waals surface area contributed by atoms with Crippen LogP contribution in [-0.2, 0) is 9.47 Å². The third-order valence-electron chi connectivity index (χ3n) is 10.9. The molecule has 0 radical (unpaired) electrons. The van der Waals surface area contributed by atoms with Gasteiger partial charge in [0.2, 0.25) is 0 Å². The van der Waals surface area contributed by atoms with Gasteiger partial charge in [0.1, 0.15) is 5.75 Å². The van der Waals surface area contributed by atoms with E-state index in [9.17, 15) is 10.2 Å². The number of fused-ring (bicyclic) bond motifs is 5. The predicted molar refractivity (Wildman–Crippen MR) is 142 cm³/mol. The Morgan fingerprint density at radius 3 is 2.58 bits per heavy atom. The lowest BCUT2D eigenvalue weighted by molar-refractivity contribution is -0.187. The number of aliphatic hydroxyl groups is 1. The highest BCUT2D eigenvalue weighted by Gasteiger charge is 2.64. The first-order chi connectivity index (χ1) is 17.1. The van der Waals surface area contributed by atoms with Crippen molar-refractivity contribution in [3.8, 4) is 5.75 Å². The van der Waals surface area contributed by atoms with Crippen LogP contribution in [0.25, 0.3) is 0 Å². The van der Waals surface area contributed by atoms with Crippen molar-refractivity contribution in [3.63, 3.8) is 0 Å². The normalized spacial score (nSPS) is 41.2. The minimum atomic E-state index is -0.857. The number of aromatic hydroxyl groups is 1. The molecule has 0 unspecified atom stereocenters. The smallest absolute Gasteiger partial charge is 0.172 e. The van der Waals surface area contributed by atoms with Crippen molar-refractivity contribution in [1.29, 1.82) is 0 Å². The number of rotatable bonds is 3. The molecule has 4 aliphatic carbocycles. The molecule has 1 heterocycles. The van der Waals surface area contributed by atoms with Crippen LogP contribution in [0.2, 0.25) is 10.0 Å². The van der Waals surface area contributed by atoms with Gasteiger partial charge in [-0.15, -0.1) is 0 Å². The Balaban J connectivity index is 1.21. The van der Waals surface area contributed by atoms with Crippen LogP contribution < -0.4 is 0 Å². The predicted octanol–water partition coefficient (Wildman–Crippen LogP) is 6.55. The fourth-order valence-corrected chi connectivity index (χ4v) is 9.21. The van der Waals surface area contributed by atoms with Gasteiger partial charge in [0, 0.05) is 35.1 Å². The van der Waals surface area contributed by atoms with E-state index in [2.05, 4.69) is 24.9 Å². The zero-order chi connectivity index (χ0) is 25.3. The molecule has 0 bridgehead atoms. The van der Waals surface area contributed by atoms with Crippen molar-refractivity contribution in [2.75, 3.05) is 19.8 Å². The molecule has 1 aromatic rings. The highest BCUT2D eigenvalue weighted by molar-refractivity contribution is 6.36. The Bertz CT molecular complexity index is 1110. The molecule has 1 aromatic carbocycles. The Morgan fingerprint density at radius 1 is 1.06 bits per heavy atom. The lowest BCUT2D eigenvalue weighted by Gasteiger charge is -2.59. The van der Waals surface area contributed by atoms with E-state index in [1.165, 1.54) is 6.07 Å².